The second-order valence-electron chi connectivity index (χ2n) is 5.82. The quantitative estimate of drug-likeness (QED) is 0.670. The molecule has 2 nitrogen and oxygen atoms in total. The van der Waals surface area contributed by atoms with E-state index in [4.69, 9.17) is 21.5 Å². The van der Waals surface area contributed by atoms with Gasteiger partial charge in [0.25, 0.3) is 0 Å². The van der Waals surface area contributed by atoms with Crippen LogP contribution in [0.5, 0.6) is 0 Å². The van der Waals surface area contributed by atoms with Crippen molar-refractivity contribution in [3.8, 4) is 0 Å². The number of allylic oxidation sites excluding steroid dienone is 2. The monoisotopic (exact) mass is 266 g/mol. The normalized spacial score (nSPS) is 23.2. The molecule has 1 fully saturated rings. The van der Waals surface area contributed by atoms with Crippen molar-refractivity contribution >= 4 is 28.6 Å². The largest absolute Gasteiger partial charge is 0.469 e. The minimum absolute atomic E-state index is 0.125. The van der Waals surface area contributed by atoms with E-state index in [1.165, 1.54) is 6.42 Å². The number of hydrogen-bond acceptors (Lipinski definition) is 1. The number of carbonyl (C=O) groups is 1. The smallest absolute Gasteiger partial charge is 0.401 e. The van der Waals surface area contributed by atoms with Crippen molar-refractivity contribution in [3.05, 3.63) is 11.1 Å². The molecule has 0 spiro atoms. The van der Waals surface area contributed by atoms with Gasteiger partial charge in [0.1, 0.15) is 0 Å². The van der Waals surface area contributed by atoms with Crippen molar-refractivity contribution in [3.63, 3.8) is 0 Å². The van der Waals surface area contributed by atoms with Gasteiger partial charge in [0.2, 0.25) is 0 Å². The first-order chi connectivity index (χ1) is 6.97. The van der Waals surface area contributed by atoms with E-state index < -0.39 is 5.43 Å². The fraction of sp³-hybridized carbons (Fsp3) is 0.750. The SMILES string of the molecule is CC(C)(C)C(Cl)=CC1CC1(C)C.O=C(O)Cl. The van der Waals surface area contributed by atoms with Crippen LogP contribution in [0.3, 0.4) is 0 Å². The van der Waals surface area contributed by atoms with Crippen LogP contribution in [0.25, 0.3) is 0 Å². The highest BCUT2D eigenvalue weighted by molar-refractivity contribution is 6.60. The van der Waals surface area contributed by atoms with E-state index in [1.54, 1.807) is 0 Å². The molecule has 1 unspecified atom stereocenters. The van der Waals surface area contributed by atoms with Crippen LogP contribution in [0.2, 0.25) is 0 Å². The number of carboxylic acid groups (broad SMARTS) is 1. The molecule has 0 heterocycles. The highest BCUT2D eigenvalue weighted by Crippen LogP contribution is 2.53. The third-order valence-electron chi connectivity index (χ3n) is 2.65. The van der Waals surface area contributed by atoms with Crippen LogP contribution in [0.1, 0.15) is 41.0 Å². The first-order valence-corrected chi connectivity index (χ1v) is 5.98. The summed E-state index contributed by atoms with van der Waals surface area (Å²) in [5, 5.41) is 8.19. The molecule has 1 N–H and O–H groups in total. The third-order valence-corrected chi connectivity index (χ3v) is 3.35. The summed E-state index contributed by atoms with van der Waals surface area (Å²) in [5.41, 5.74) is -0.731. The average molecular weight is 267 g/mol. The Bertz CT molecular complexity index is 284. The zero-order chi connectivity index (χ0) is 13.1. The van der Waals surface area contributed by atoms with Crippen LogP contribution in [0.4, 0.5) is 4.79 Å². The Morgan fingerprint density at radius 3 is 1.88 bits per heavy atom. The van der Waals surface area contributed by atoms with Crippen molar-refractivity contribution in [2.45, 2.75) is 41.0 Å². The minimum atomic E-state index is -1.36. The second kappa shape index (κ2) is 5.42. The van der Waals surface area contributed by atoms with Crippen LogP contribution >= 0.6 is 23.2 Å². The molecule has 94 valence electrons. The first-order valence-electron chi connectivity index (χ1n) is 5.23. The molecule has 1 atom stereocenters. The maximum absolute atomic E-state index is 8.77. The molecule has 0 aromatic heterocycles. The summed E-state index contributed by atoms with van der Waals surface area (Å²) in [5.74, 6) is 0.712. The minimum Gasteiger partial charge on any atom is -0.469 e. The van der Waals surface area contributed by atoms with Gasteiger partial charge in [-0.1, -0.05) is 52.3 Å². The topological polar surface area (TPSA) is 37.3 Å². The van der Waals surface area contributed by atoms with Gasteiger partial charge in [0.05, 0.1) is 0 Å². The first kappa shape index (κ1) is 15.8. The van der Waals surface area contributed by atoms with Gasteiger partial charge >= 0.3 is 5.43 Å². The van der Waals surface area contributed by atoms with Crippen molar-refractivity contribution in [1.82, 2.24) is 0 Å². The van der Waals surface area contributed by atoms with Crippen LogP contribution in [-0.4, -0.2) is 10.5 Å². The summed E-state index contributed by atoms with van der Waals surface area (Å²) >= 11 is 10.4. The van der Waals surface area contributed by atoms with E-state index in [1.807, 2.05) is 0 Å². The van der Waals surface area contributed by atoms with Gasteiger partial charge in [0, 0.05) is 16.6 Å². The molecule has 0 aromatic carbocycles. The molecule has 0 saturated heterocycles. The molecule has 1 aliphatic rings. The average Bonchev–Trinajstić information content (AvgIpc) is 2.54. The van der Waals surface area contributed by atoms with Crippen molar-refractivity contribution in [1.29, 1.82) is 0 Å². The van der Waals surface area contributed by atoms with Gasteiger partial charge in [-0.3, -0.25) is 0 Å². The van der Waals surface area contributed by atoms with Gasteiger partial charge in [-0.2, -0.15) is 0 Å². The molecule has 0 amide bonds. The molecule has 0 aromatic rings. The summed E-state index contributed by atoms with van der Waals surface area (Å²) < 4.78 is 0. The van der Waals surface area contributed by atoms with Crippen molar-refractivity contribution in [2.75, 3.05) is 0 Å². The Kier molecular flexibility index (Phi) is 5.34. The van der Waals surface area contributed by atoms with Gasteiger partial charge in [-0.25, -0.2) is 4.79 Å². The molecule has 0 bridgehead atoms. The summed E-state index contributed by atoms with van der Waals surface area (Å²) in [7, 11) is 0. The molecule has 1 saturated carbocycles. The lowest BCUT2D eigenvalue weighted by atomic mass is 9.94. The second-order valence-corrected chi connectivity index (χ2v) is 6.55. The zero-order valence-corrected chi connectivity index (χ0v) is 12.0. The number of hydrogen-bond donors (Lipinski definition) is 1. The van der Waals surface area contributed by atoms with Gasteiger partial charge in [0.15, 0.2) is 0 Å². The highest BCUT2D eigenvalue weighted by Gasteiger charge is 2.44. The van der Waals surface area contributed by atoms with Crippen molar-refractivity contribution in [2.24, 2.45) is 16.7 Å². The van der Waals surface area contributed by atoms with E-state index in [-0.39, 0.29) is 5.41 Å². The molecule has 0 aliphatic heterocycles. The zero-order valence-electron chi connectivity index (χ0n) is 10.5. The lowest BCUT2D eigenvalue weighted by molar-refractivity contribution is 0.220. The van der Waals surface area contributed by atoms with Gasteiger partial charge < -0.3 is 5.11 Å². The predicted octanol–water partition coefficient (Wildman–Crippen LogP) is 5.10. The fourth-order valence-corrected chi connectivity index (χ4v) is 1.37. The molecular formula is C12H20Cl2O2. The van der Waals surface area contributed by atoms with E-state index >= 15 is 0 Å². The lowest BCUT2D eigenvalue weighted by Gasteiger charge is -2.17. The summed E-state index contributed by atoms with van der Waals surface area (Å²) in [6, 6.07) is 0. The van der Waals surface area contributed by atoms with Crippen LogP contribution in [-0.2, 0) is 0 Å². The summed E-state index contributed by atoms with van der Waals surface area (Å²) in [4.78, 5) is 8.77. The maximum Gasteiger partial charge on any atom is 0.401 e. The van der Waals surface area contributed by atoms with Gasteiger partial charge in [-0.05, 0) is 23.2 Å². The van der Waals surface area contributed by atoms with E-state index in [9.17, 15) is 0 Å². The standard InChI is InChI=1S/C11H19Cl.CHClO2/c1-10(2,3)9(12)6-8-7-11(8,4)5;2-1(3)4/h6,8H,7H2,1-5H3;(H,3,4). The molecule has 0 radical (unpaired) electrons. The number of rotatable bonds is 1. The maximum atomic E-state index is 8.77. The Balaban J connectivity index is 0.000000487. The van der Waals surface area contributed by atoms with Crippen LogP contribution in [0, 0.1) is 16.7 Å². The van der Waals surface area contributed by atoms with Gasteiger partial charge in [-0.15, -0.1) is 0 Å². The van der Waals surface area contributed by atoms with Crippen LogP contribution in [0.15, 0.2) is 11.1 Å². The van der Waals surface area contributed by atoms with E-state index in [0.29, 0.717) is 11.3 Å². The Morgan fingerprint density at radius 1 is 1.38 bits per heavy atom. The van der Waals surface area contributed by atoms with E-state index in [0.717, 1.165) is 5.03 Å². The Labute approximate surface area is 108 Å². The fourth-order valence-electron chi connectivity index (χ4n) is 1.22. The summed E-state index contributed by atoms with van der Waals surface area (Å²) in [6.07, 6.45) is 3.53. The Morgan fingerprint density at radius 2 is 1.69 bits per heavy atom. The van der Waals surface area contributed by atoms with E-state index in [2.05, 4.69) is 52.3 Å². The molecule has 1 aliphatic carbocycles. The van der Waals surface area contributed by atoms with Crippen molar-refractivity contribution < 1.29 is 9.90 Å². The molecule has 4 heteroatoms. The lowest BCUT2D eigenvalue weighted by Crippen LogP contribution is -2.05. The summed E-state index contributed by atoms with van der Waals surface area (Å²) in [6.45, 7) is 11.0. The Hall–Kier alpha value is -0.210. The molecule has 1 rings (SSSR count). The number of halogens is 2. The highest BCUT2D eigenvalue weighted by atomic mass is 35.5. The third kappa shape index (κ3) is 6.39. The van der Waals surface area contributed by atoms with Crippen LogP contribution < -0.4 is 0 Å². The molecular weight excluding hydrogens is 247 g/mol. The predicted molar refractivity (Wildman–Crippen MR) is 69.2 cm³/mol. The molecule has 16 heavy (non-hydrogen) atoms.